The number of benzene rings is 2. The minimum absolute atomic E-state index is 0.0131. The zero-order chi connectivity index (χ0) is 32.1. The lowest BCUT2D eigenvalue weighted by Crippen LogP contribution is -2.34. The number of allylic oxidation sites excluding steroid dienone is 1. The Morgan fingerprint density at radius 1 is 1.11 bits per heavy atom. The minimum atomic E-state index is -4.54. The molecule has 1 aliphatic rings. The molecule has 230 valence electrons. The summed E-state index contributed by atoms with van der Waals surface area (Å²) < 4.78 is 106. The Morgan fingerprint density at radius 2 is 1.82 bits per heavy atom. The number of fused-ring (bicyclic) bond motifs is 1. The van der Waals surface area contributed by atoms with E-state index in [-0.39, 0.29) is 40.0 Å². The summed E-state index contributed by atoms with van der Waals surface area (Å²) in [6.45, 7) is -2.22. The number of aromatic nitrogens is 3. The van der Waals surface area contributed by atoms with E-state index in [2.05, 4.69) is 15.4 Å². The minimum Gasteiger partial charge on any atom is -0.494 e. The summed E-state index contributed by atoms with van der Waals surface area (Å²) >= 11 is 0. The van der Waals surface area contributed by atoms with Crippen LogP contribution >= 0.6 is 0 Å². The molecule has 44 heavy (non-hydrogen) atoms. The molecule has 5 rings (SSSR count). The lowest BCUT2D eigenvalue weighted by atomic mass is 9.98. The molecule has 0 bridgehead atoms. The van der Waals surface area contributed by atoms with Crippen LogP contribution < -0.4 is 15.8 Å². The maximum atomic E-state index is 15.5. The number of carbonyl (C=O) groups excluding carboxylic acids is 2. The van der Waals surface area contributed by atoms with Crippen LogP contribution in [0.5, 0.6) is 5.75 Å². The molecule has 0 radical (unpaired) electrons. The van der Waals surface area contributed by atoms with Gasteiger partial charge in [0.15, 0.2) is 5.82 Å². The van der Waals surface area contributed by atoms with Crippen molar-refractivity contribution in [3.05, 3.63) is 81.9 Å². The molecule has 2 heterocycles. The van der Waals surface area contributed by atoms with E-state index < -0.39 is 64.1 Å². The zero-order valence-electron chi connectivity index (χ0n) is 23.0. The van der Waals surface area contributed by atoms with Gasteiger partial charge in [-0.3, -0.25) is 9.59 Å². The highest BCUT2D eigenvalue weighted by molar-refractivity contribution is 6.00. The molecule has 0 saturated heterocycles. The number of carbonyl (C=O) groups is 2. The second kappa shape index (κ2) is 11.3. The summed E-state index contributed by atoms with van der Waals surface area (Å²) in [7, 11) is 1.26. The number of methoxy groups -OCH3 is 1. The van der Waals surface area contributed by atoms with E-state index >= 15 is 8.78 Å². The summed E-state index contributed by atoms with van der Waals surface area (Å²) in [5, 5.41) is 6.51. The number of pyridine rings is 1. The number of nitrogens with one attached hydrogen (secondary N) is 1. The maximum absolute atomic E-state index is 15.5. The average Bonchev–Trinajstić information content (AvgIpc) is 3.72. The monoisotopic (exact) mass is 621 g/mol. The van der Waals surface area contributed by atoms with Crippen LogP contribution in [0.3, 0.4) is 0 Å². The summed E-state index contributed by atoms with van der Waals surface area (Å²) in [6.07, 6.45) is 1.97. The van der Waals surface area contributed by atoms with Gasteiger partial charge >= 0.3 is 12.5 Å². The summed E-state index contributed by atoms with van der Waals surface area (Å²) in [5.41, 5.74) is 1.87. The standard InChI is InChI=1S/C29H22F7N5O3/c1-12-19(30)6-5-16(22(12)31)25-23(32)18(29(35,36)27(37)43)9-20(39-25)17(13-3-4-13)10-38-26(42)14-7-15-11-41(28(33)34)40-24(15)21(8-14)44-2/h5-9,11,28H,3-4,10H2,1-2H3,(H2,37,43)(H,38,42). The van der Waals surface area contributed by atoms with Gasteiger partial charge in [0, 0.05) is 34.8 Å². The molecule has 3 N–H and O–H groups in total. The third kappa shape index (κ3) is 5.44. The van der Waals surface area contributed by atoms with Gasteiger partial charge in [-0.2, -0.15) is 22.7 Å². The largest absolute Gasteiger partial charge is 0.494 e. The molecule has 1 fully saturated rings. The van der Waals surface area contributed by atoms with Crippen molar-refractivity contribution in [3.8, 4) is 17.0 Å². The molecule has 2 aromatic carbocycles. The number of alkyl halides is 4. The Morgan fingerprint density at radius 3 is 2.43 bits per heavy atom. The van der Waals surface area contributed by atoms with Gasteiger partial charge in [0.2, 0.25) is 0 Å². The van der Waals surface area contributed by atoms with Crippen LogP contribution in [-0.2, 0) is 10.7 Å². The fourth-order valence-corrected chi connectivity index (χ4v) is 4.61. The number of hydrogen-bond donors (Lipinski definition) is 2. The van der Waals surface area contributed by atoms with Gasteiger partial charge in [0.25, 0.3) is 11.8 Å². The first-order chi connectivity index (χ1) is 20.7. The first-order valence-electron chi connectivity index (χ1n) is 12.9. The lowest BCUT2D eigenvalue weighted by molar-refractivity contribution is -0.143. The third-order valence-electron chi connectivity index (χ3n) is 7.12. The predicted octanol–water partition coefficient (Wildman–Crippen LogP) is 5.78. The Bertz CT molecular complexity index is 1860. The van der Waals surface area contributed by atoms with Gasteiger partial charge < -0.3 is 15.8 Å². The van der Waals surface area contributed by atoms with E-state index in [9.17, 15) is 31.5 Å². The van der Waals surface area contributed by atoms with Crippen molar-refractivity contribution in [3.63, 3.8) is 0 Å². The number of amides is 2. The van der Waals surface area contributed by atoms with E-state index in [1.165, 1.54) is 19.2 Å². The lowest BCUT2D eigenvalue weighted by Gasteiger charge is -2.19. The van der Waals surface area contributed by atoms with Gasteiger partial charge in [0.05, 0.1) is 18.4 Å². The molecule has 1 saturated carbocycles. The number of primary amides is 1. The molecule has 0 aliphatic heterocycles. The maximum Gasteiger partial charge on any atom is 0.352 e. The Labute approximate surface area is 244 Å². The van der Waals surface area contributed by atoms with E-state index in [4.69, 9.17) is 10.5 Å². The Balaban J connectivity index is 1.55. The highest BCUT2D eigenvalue weighted by atomic mass is 19.3. The third-order valence-corrected chi connectivity index (χ3v) is 7.12. The summed E-state index contributed by atoms with van der Waals surface area (Å²) in [5.74, 6) is -11.4. The molecule has 2 amide bonds. The van der Waals surface area contributed by atoms with Crippen LogP contribution in [0.15, 0.2) is 42.1 Å². The van der Waals surface area contributed by atoms with Crippen molar-refractivity contribution in [1.82, 2.24) is 20.1 Å². The number of halogens is 7. The van der Waals surface area contributed by atoms with Crippen LogP contribution in [0.1, 0.15) is 46.6 Å². The molecule has 0 unspecified atom stereocenters. The van der Waals surface area contributed by atoms with Crippen LogP contribution in [0, 0.1) is 24.4 Å². The van der Waals surface area contributed by atoms with Crippen LogP contribution in [0.2, 0.25) is 0 Å². The SMILES string of the molecule is COc1cc(C(=O)NCC(=C2CC2)c2cc(C(F)(F)C(N)=O)c(F)c(-c3ccc(F)c(C)c3F)n2)cc2cn(C(F)F)nc12. The number of nitrogens with zero attached hydrogens (tertiary/aromatic N) is 3. The van der Waals surface area contributed by atoms with Crippen molar-refractivity contribution in [2.75, 3.05) is 13.7 Å². The Kier molecular flexibility index (Phi) is 7.82. The molecule has 1 aliphatic carbocycles. The second-order valence-corrected chi connectivity index (χ2v) is 9.96. The zero-order valence-corrected chi connectivity index (χ0v) is 23.0. The van der Waals surface area contributed by atoms with Crippen LogP contribution in [-0.4, -0.2) is 40.2 Å². The number of hydrogen-bond acceptors (Lipinski definition) is 5. The topological polar surface area (TPSA) is 112 Å². The van der Waals surface area contributed by atoms with Crippen molar-refractivity contribution >= 4 is 28.3 Å². The van der Waals surface area contributed by atoms with E-state index in [0.717, 1.165) is 25.3 Å². The first-order valence-corrected chi connectivity index (χ1v) is 12.9. The fourth-order valence-electron chi connectivity index (χ4n) is 4.61. The molecule has 4 aromatic rings. The summed E-state index contributed by atoms with van der Waals surface area (Å²) in [6, 6.07) is 4.79. The quantitative estimate of drug-likeness (QED) is 0.230. The predicted molar refractivity (Wildman–Crippen MR) is 143 cm³/mol. The van der Waals surface area contributed by atoms with Gasteiger partial charge in [-0.05, 0) is 55.7 Å². The van der Waals surface area contributed by atoms with Gasteiger partial charge in [-0.15, -0.1) is 0 Å². The van der Waals surface area contributed by atoms with Crippen molar-refractivity contribution < 1.29 is 45.1 Å². The van der Waals surface area contributed by atoms with Gasteiger partial charge in [0.1, 0.15) is 28.6 Å². The number of ether oxygens (including phenoxy) is 1. The van der Waals surface area contributed by atoms with E-state index in [1.54, 1.807) is 0 Å². The van der Waals surface area contributed by atoms with Crippen molar-refractivity contribution in [2.24, 2.45) is 5.73 Å². The normalized spacial score (nSPS) is 13.0. The highest BCUT2D eigenvalue weighted by Gasteiger charge is 2.43. The van der Waals surface area contributed by atoms with Crippen molar-refractivity contribution in [1.29, 1.82) is 0 Å². The molecular formula is C29H22F7N5O3. The van der Waals surface area contributed by atoms with Gasteiger partial charge in [-0.1, -0.05) is 5.57 Å². The smallest absolute Gasteiger partial charge is 0.352 e. The fraction of sp³-hybridized carbons (Fsp3) is 0.241. The van der Waals surface area contributed by atoms with Crippen LogP contribution in [0.25, 0.3) is 27.7 Å². The average molecular weight is 622 g/mol. The molecule has 0 atom stereocenters. The van der Waals surface area contributed by atoms with Gasteiger partial charge in [-0.25, -0.2) is 22.8 Å². The van der Waals surface area contributed by atoms with E-state index in [0.29, 0.717) is 29.2 Å². The molecule has 0 spiro atoms. The first kappa shape index (κ1) is 30.5. The van der Waals surface area contributed by atoms with Crippen LogP contribution in [0.4, 0.5) is 30.7 Å². The van der Waals surface area contributed by atoms with Crippen molar-refractivity contribution in [2.45, 2.75) is 32.2 Å². The number of nitrogens with two attached hydrogens (primary N) is 1. The Hall–Kier alpha value is -4.95. The van der Waals surface area contributed by atoms with E-state index in [1.807, 2.05) is 0 Å². The molecule has 15 heteroatoms. The molecule has 2 aromatic heterocycles. The molecular weight excluding hydrogens is 599 g/mol. The molecule has 8 nitrogen and oxygen atoms in total. The second-order valence-electron chi connectivity index (χ2n) is 9.96. The summed E-state index contributed by atoms with van der Waals surface area (Å²) in [4.78, 5) is 28.8. The highest BCUT2D eigenvalue weighted by Crippen LogP contribution is 2.40. The number of rotatable bonds is 9.